The third kappa shape index (κ3) is 2.50. The average molecular weight is 171 g/mol. The number of carbonyl (C=O) groups is 2. The maximum absolute atomic E-state index is 10.8. The van der Waals surface area contributed by atoms with E-state index in [0.717, 1.165) is 25.9 Å². The van der Waals surface area contributed by atoms with Crippen LogP contribution < -0.4 is 16.4 Å². The van der Waals surface area contributed by atoms with Crippen LogP contribution in [0.1, 0.15) is 12.8 Å². The van der Waals surface area contributed by atoms with Gasteiger partial charge < -0.3 is 16.4 Å². The minimum atomic E-state index is -0.909. The van der Waals surface area contributed by atoms with Gasteiger partial charge in [-0.15, -0.1) is 0 Å². The molecule has 1 heterocycles. The van der Waals surface area contributed by atoms with Gasteiger partial charge in [-0.1, -0.05) is 0 Å². The Labute approximate surface area is 70.7 Å². The Kier molecular flexibility index (Phi) is 3.04. The van der Waals surface area contributed by atoms with Crippen LogP contribution in [0.5, 0.6) is 0 Å². The normalized spacial score (nSPS) is 18.7. The second-order valence-electron chi connectivity index (χ2n) is 2.86. The molecule has 0 radical (unpaired) electrons. The van der Waals surface area contributed by atoms with Gasteiger partial charge in [0.1, 0.15) is 0 Å². The molecule has 0 bridgehead atoms. The van der Waals surface area contributed by atoms with Crippen molar-refractivity contribution in [2.75, 3.05) is 13.1 Å². The van der Waals surface area contributed by atoms with Crippen LogP contribution in [0.4, 0.5) is 0 Å². The largest absolute Gasteiger partial charge is 0.361 e. The van der Waals surface area contributed by atoms with E-state index >= 15 is 0 Å². The lowest BCUT2D eigenvalue weighted by molar-refractivity contribution is -0.137. The zero-order chi connectivity index (χ0) is 8.97. The number of nitrogens with one attached hydrogen (secondary N) is 2. The Morgan fingerprint density at radius 3 is 2.42 bits per heavy atom. The Bertz CT molecular complexity index is 187. The first-order valence-electron chi connectivity index (χ1n) is 4.01. The van der Waals surface area contributed by atoms with Crippen LogP contribution in [0.15, 0.2) is 0 Å². The number of hydrogen-bond acceptors (Lipinski definition) is 3. The van der Waals surface area contributed by atoms with E-state index < -0.39 is 11.8 Å². The van der Waals surface area contributed by atoms with Crippen molar-refractivity contribution in [3.8, 4) is 0 Å². The minimum Gasteiger partial charge on any atom is -0.361 e. The van der Waals surface area contributed by atoms with E-state index in [4.69, 9.17) is 5.73 Å². The Balaban J connectivity index is 2.29. The molecule has 0 spiro atoms. The minimum absolute atomic E-state index is 0.103. The lowest BCUT2D eigenvalue weighted by Crippen LogP contribution is -2.46. The highest BCUT2D eigenvalue weighted by molar-refractivity contribution is 6.34. The first-order chi connectivity index (χ1) is 5.70. The van der Waals surface area contributed by atoms with E-state index in [1.165, 1.54) is 0 Å². The predicted molar refractivity (Wildman–Crippen MR) is 43.2 cm³/mol. The summed E-state index contributed by atoms with van der Waals surface area (Å²) in [6.07, 6.45) is 1.72. The van der Waals surface area contributed by atoms with Gasteiger partial charge in [0.05, 0.1) is 0 Å². The van der Waals surface area contributed by atoms with Crippen molar-refractivity contribution >= 4 is 11.8 Å². The van der Waals surface area contributed by atoms with Crippen molar-refractivity contribution in [1.29, 1.82) is 0 Å². The first kappa shape index (κ1) is 8.99. The zero-order valence-electron chi connectivity index (χ0n) is 6.80. The van der Waals surface area contributed by atoms with Crippen LogP contribution >= 0.6 is 0 Å². The van der Waals surface area contributed by atoms with Crippen molar-refractivity contribution in [3.05, 3.63) is 0 Å². The van der Waals surface area contributed by atoms with Crippen molar-refractivity contribution in [3.63, 3.8) is 0 Å². The summed E-state index contributed by atoms with van der Waals surface area (Å²) in [6, 6.07) is 0.103. The maximum atomic E-state index is 10.8. The Morgan fingerprint density at radius 2 is 1.92 bits per heavy atom. The highest BCUT2D eigenvalue weighted by Crippen LogP contribution is 2.00. The molecule has 0 aromatic rings. The average Bonchev–Trinajstić information content (AvgIpc) is 2.06. The van der Waals surface area contributed by atoms with E-state index in [0.29, 0.717) is 0 Å². The molecule has 0 aliphatic carbocycles. The summed E-state index contributed by atoms with van der Waals surface area (Å²) in [5.74, 6) is -1.59. The number of carbonyl (C=O) groups excluding carboxylic acids is 2. The number of primary amides is 1. The number of hydrogen-bond donors (Lipinski definition) is 3. The van der Waals surface area contributed by atoms with Crippen LogP contribution in [0.3, 0.4) is 0 Å². The molecule has 0 atom stereocenters. The second kappa shape index (κ2) is 4.06. The first-order valence-corrected chi connectivity index (χ1v) is 4.01. The topological polar surface area (TPSA) is 84.2 Å². The van der Waals surface area contributed by atoms with Gasteiger partial charge in [0, 0.05) is 6.04 Å². The maximum Gasteiger partial charge on any atom is 0.309 e. The van der Waals surface area contributed by atoms with Gasteiger partial charge in [0.2, 0.25) is 0 Å². The van der Waals surface area contributed by atoms with Gasteiger partial charge in [-0.3, -0.25) is 9.59 Å². The van der Waals surface area contributed by atoms with Crippen LogP contribution in [-0.2, 0) is 9.59 Å². The fourth-order valence-corrected chi connectivity index (χ4v) is 1.22. The summed E-state index contributed by atoms with van der Waals surface area (Å²) in [4.78, 5) is 21.2. The number of rotatable bonds is 1. The fraction of sp³-hybridized carbons (Fsp3) is 0.714. The quantitative estimate of drug-likeness (QED) is 0.413. The summed E-state index contributed by atoms with van der Waals surface area (Å²) in [6.45, 7) is 1.76. The summed E-state index contributed by atoms with van der Waals surface area (Å²) in [7, 11) is 0. The van der Waals surface area contributed by atoms with Gasteiger partial charge in [-0.2, -0.15) is 0 Å². The molecule has 68 valence electrons. The SMILES string of the molecule is NC(=O)C(=O)NC1CCNCC1. The van der Waals surface area contributed by atoms with Crippen LogP contribution in [0.25, 0.3) is 0 Å². The molecule has 12 heavy (non-hydrogen) atoms. The zero-order valence-corrected chi connectivity index (χ0v) is 6.80. The van der Waals surface area contributed by atoms with Gasteiger partial charge >= 0.3 is 11.8 Å². The molecule has 1 saturated heterocycles. The molecule has 0 unspecified atom stereocenters. The molecular formula is C7H13N3O2. The van der Waals surface area contributed by atoms with Crippen molar-refractivity contribution in [2.45, 2.75) is 18.9 Å². The monoisotopic (exact) mass is 171 g/mol. The molecule has 1 fully saturated rings. The van der Waals surface area contributed by atoms with Crippen molar-refractivity contribution < 1.29 is 9.59 Å². The highest BCUT2D eigenvalue weighted by atomic mass is 16.2. The summed E-state index contributed by atoms with van der Waals surface area (Å²) < 4.78 is 0. The van der Waals surface area contributed by atoms with E-state index in [1.54, 1.807) is 0 Å². The van der Waals surface area contributed by atoms with Crippen LogP contribution in [0.2, 0.25) is 0 Å². The van der Waals surface area contributed by atoms with E-state index in [9.17, 15) is 9.59 Å². The van der Waals surface area contributed by atoms with Gasteiger partial charge in [-0.25, -0.2) is 0 Å². The van der Waals surface area contributed by atoms with Crippen LogP contribution in [-0.4, -0.2) is 30.9 Å². The van der Waals surface area contributed by atoms with Gasteiger partial charge in [-0.05, 0) is 25.9 Å². The molecule has 4 N–H and O–H groups in total. The number of piperidine rings is 1. The lowest BCUT2D eigenvalue weighted by atomic mass is 10.1. The summed E-state index contributed by atoms with van der Waals surface area (Å²) >= 11 is 0. The predicted octanol–water partition coefficient (Wildman–Crippen LogP) is -1.66. The van der Waals surface area contributed by atoms with Crippen molar-refractivity contribution in [1.82, 2.24) is 10.6 Å². The molecule has 2 amide bonds. The molecule has 1 aliphatic rings. The summed E-state index contributed by atoms with van der Waals surface area (Å²) in [5, 5.41) is 5.71. The third-order valence-corrected chi connectivity index (χ3v) is 1.90. The Morgan fingerprint density at radius 1 is 1.33 bits per heavy atom. The van der Waals surface area contributed by atoms with Gasteiger partial charge in [0.15, 0.2) is 0 Å². The Hall–Kier alpha value is -1.10. The van der Waals surface area contributed by atoms with Crippen LogP contribution in [0, 0.1) is 0 Å². The highest BCUT2D eigenvalue weighted by Gasteiger charge is 2.17. The number of amides is 2. The second-order valence-corrected chi connectivity index (χ2v) is 2.86. The molecular weight excluding hydrogens is 158 g/mol. The van der Waals surface area contributed by atoms with E-state index in [1.807, 2.05) is 0 Å². The summed E-state index contributed by atoms with van der Waals surface area (Å²) in [5.41, 5.74) is 4.79. The number of nitrogens with two attached hydrogens (primary N) is 1. The molecule has 0 aromatic heterocycles. The molecule has 5 nitrogen and oxygen atoms in total. The van der Waals surface area contributed by atoms with Gasteiger partial charge in [0.25, 0.3) is 0 Å². The lowest BCUT2D eigenvalue weighted by Gasteiger charge is -2.22. The van der Waals surface area contributed by atoms with E-state index in [2.05, 4.69) is 10.6 Å². The fourth-order valence-electron chi connectivity index (χ4n) is 1.22. The standard InChI is InChI=1S/C7H13N3O2/c8-6(11)7(12)10-5-1-3-9-4-2-5/h5,9H,1-4H2,(H2,8,11)(H,10,12). The smallest absolute Gasteiger partial charge is 0.309 e. The molecule has 0 saturated carbocycles. The molecule has 1 rings (SSSR count). The van der Waals surface area contributed by atoms with E-state index in [-0.39, 0.29) is 6.04 Å². The third-order valence-electron chi connectivity index (χ3n) is 1.90. The van der Waals surface area contributed by atoms with Crippen molar-refractivity contribution in [2.24, 2.45) is 5.73 Å². The molecule has 0 aromatic carbocycles. The molecule has 5 heteroatoms. The molecule has 1 aliphatic heterocycles.